The molecule has 0 atom stereocenters. The van der Waals surface area contributed by atoms with E-state index < -0.39 is 112 Å². The molecule has 0 aliphatic heterocycles. The van der Waals surface area contributed by atoms with Gasteiger partial charge in [0.1, 0.15) is 22.3 Å². The van der Waals surface area contributed by atoms with Crippen LogP contribution in [0.15, 0.2) is 215 Å². The zero-order valence-corrected chi connectivity index (χ0v) is 32.6. The average Bonchev–Trinajstić information content (AvgIpc) is 4.36. The van der Waals surface area contributed by atoms with E-state index in [2.05, 4.69) is 0 Å². The van der Waals surface area contributed by atoms with Gasteiger partial charge < -0.3 is 8.83 Å². The first kappa shape index (κ1) is 23.4. The minimum atomic E-state index is -0.746. The second-order valence-corrected chi connectivity index (χ2v) is 14.7. The molecular weight excluding hydrogens is 773 g/mol. The van der Waals surface area contributed by atoms with Gasteiger partial charge in [0.2, 0.25) is 5.95 Å². The molecule has 13 aromatic rings. The van der Waals surface area contributed by atoms with Crippen molar-refractivity contribution in [3.63, 3.8) is 0 Å². The van der Waals surface area contributed by atoms with E-state index in [-0.39, 0.29) is 45.8 Å². The van der Waals surface area contributed by atoms with Crippen molar-refractivity contribution in [2.24, 2.45) is 0 Å². The minimum absolute atomic E-state index is 0.00917. The van der Waals surface area contributed by atoms with Gasteiger partial charge >= 0.3 is 0 Å². The molecule has 0 amide bonds. The molecule has 13 rings (SSSR count). The molecule has 9 aromatic carbocycles. The van der Waals surface area contributed by atoms with Gasteiger partial charge in [-0.05, 0) is 75.7 Å². The number of hydrogen-bond acceptors (Lipinski definition) is 5. The number of hydrogen-bond donors (Lipinski definition) is 0. The summed E-state index contributed by atoms with van der Waals surface area (Å²) in [6.45, 7) is 0. The van der Waals surface area contributed by atoms with Crippen LogP contribution in [0.25, 0.3) is 128 Å². The SMILES string of the molecule is [2H]c1c([2H])c([2H])c(-c2c([2H])c([2H])c([2H])c3oc4c([2H])c(-c5nc(-c6c([2H])c([2H])c([2H])c(-c7ccccc7)c6[2H])nc(-n6c7ccccc7c7c8oc9ccccc9c8c(-c8ccccc8)cc76)n5)c([2H])c([2H])c4c23)c([2H])c1[2H]. The van der Waals surface area contributed by atoms with Crippen LogP contribution in [0.4, 0.5) is 0 Å². The number of fused-ring (bicyclic) bond motifs is 10. The molecule has 6 nitrogen and oxygen atoms in total. The maximum Gasteiger partial charge on any atom is 0.238 e. The lowest BCUT2D eigenvalue weighted by molar-refractivity contribution is 0.669. The summed E-state index contributed by atoms with van der Waals surface area (Å²) in [5, 5.41) is 2.47. The van der Waals surface area contributed by atoms with E-state index >= 15 is 0 Å². The summed E-state index contributed by atoms with van der Waals surface area (Å²) in [6.07, 6.45) is 0. The summed E-state index contributed by atoms with van der Waals surface area (Å²) in [5.74, 6) is -0.943. The van der Waals surface area contributed by atoms with Crippen molar-refractivity contribution in [1.82, 2.24) is 19.5 Å². The number of aromatic nitrogens is 4. The monoisotopic (exact) mass is 821 g/mol. The van der Waals surface area contributed by atoms with E-state index in [1.807, 2.05) is 84.9 Å². The lowest BCUT2D eigenvalue weighted by atomic mass is 9.97. The highest BCUT2D eigenvalue weighted by atomic mass is 16.3. The lowest BCUT2D eigenvalue weighted by Crippen LogP contribution is -2.06. The highest BCUT2D eigenvalue weighted by Crippen LogP contribution is 2.45. The number of para-hydroxylation sites is 2. The Morgan fingerprint density at radius 1 is 0.397 bits per heavy atom. The molecule has 0 unspecified atom stereocenters. The van der Waals surface area contributed by atoms with Crippen LogP contribution in [0.2, 0.25) is 0 Å². The van der Waals surface area contributed by atoms with E-state index in [0.29, 0.717) is 38.5 Å². The predicted octanol–water partition coefficient (Wildman–Crippen LogP) is 15.1. The summed E-state index contributed by atoms with van der Waals surface area (Å²) >= 11 is 0. The van der Waals surface area contributed by atoms with Crippen molar-refractivity contribution in [2.75, 3.05) is 0 Å². The third-order valence-electron chi connectivity index (χ3n) is 11.2. The largest absolute Gasteiger partial charge is 0.456 e. The minimum Gasteiger partial charge on any atom is -0.456 e. The predicted molar refractivity (Wildman–Crippen MR) is 256 cm³/mol. The number of furan rings is 2. The van der Waals surface area contributed by atoms with Crippen LogP contribution in [0, 0.1) is 0 Å². The Morgan fingerprint density at radius 3 is 1.90 bits per heavy atom. The molecule has 4 aromatic heterocycles. The van der Waals surface area contributed by atoms with E-state index in [1.165, 1.54) is 0 Å². The van der Waals surface area contributed by atoms with Crippen LogP contribution < -0.4 is 0 Å². The van der Waals surface area contributed by atoms with E-state index in [1.54, 1.807) is 34.9 Å². The van der Waals surface area contributed by atoms with Gasteiger partial charge in [-0.3, -0.25) is 4.57 Å². The Morgan fingerprint density at radius 2 is 1.08 bits per heavy atom. The van der Waals surface area contributed by atoms with Crippen LogP contribution in [0.5, 0.6) is 0 Å². The summed E-state index contributed by atoms with van der Waals surface area (Å²) in [4.78, 5) is 14.8. The fourth-order valence-corrected chi connectivity index (χ4v) is 8.41. The molecule has 0 aliphatic carbocycles. The van der Waals surface area contributed by atoms with Crippen LogP contribution in [0.3, 0.4) is 0 Å². The first-order valence-electron chi connectivity index (χ1n) is 27.4. The van der Waals surface area contributed by atoms with Gasteiger partial charge in [-0.15, -0.1) is 0 Å². The summed E-state index contributed by atoms with van der Waals surface area (Å²) in [5.41, 5.74) is 1.77. The van der Waals surface area contributed by atoms with Gasteiger partial charge in [0.05, 0.1) is 37.0 Å². The molecule has 0 aliphatic rings. The molecule has 0 saturated carbocycles. The molecule has 0 bridgehead atoms. The fourth-order valence-electron chi connectivity index (χ4n) is 8.41. The molecule has 63 heavy (non-hydrogen) atoms. The van der Waals surface area contributed by atoms with Gasteiger partial charge in [-0.1, -0.05) is 164 Å². The molecule has 6 heteroatoms. The highest BCUT2D eigenvalue weighted by molar-refractivity contribution is 6.27. The zero-order chi connectivity index (χ0) is 54.5. The van der Waals surface area contributed by atoms with E-state index in [4.69, 9.17) is 37.5 Å². The van der Waals surface area contributed by atoms with Crippen molar-refractivity contribution in [3.05, 3.63) is 206 Å². The first-order chi connectivity index (χ1) is 37.5. The first-order valence-corrected chi connectivity index (χ1v) is 19.9. The maximum atomic E-state index is 9.86. The quantitative estimate of drug-likeness (QED) is 0.167. The molecule has 0 saturated heterocycles. The van der Waals surface area contributed by atoms with Gasteiger partial charge in [0.25, 0.3) is 0 Å². The van der Waals surface area contributed by atoms with Gasteiger partial charge in [0, 0.05) is 38.1 Å². The van der Waals surface area contributed by atoms with Crippen LogP contribution >= 0.6 is 0 Å². The van der Waals surface area contributed by atoms with Crippen LogP contribution in [-0.2, 0) is 0 Å². The Bertz CT molecular complexity index is 4780. The van der Waals surface area contributed by atoms with Crippen molar-refractivity contribution in [3.8, 4) is 62.1 Å². The smallest absolute Gasteiger partial charge is 0.238 e. The maximum absolute atomic E-state index is 9.86. The van der Waals surface area contributed by atoms with Gasteiger partial charge in [-0.2, -0.15) is 9.97 Å². The number of benzene rings is 9. The standard InChI is InChI=1S/C57H34N4O2/c1-4-16-35(17-5-1)38-22-14-23-39(32-38)55-58-56(40-30-31-44-50(33-40)62-49-29-15-26-41(51(44)49)36-18-6-2-7-19-36)60-57(59-55)61-46-27-12-10-24-42(46)53-47(61)34-45(37-20-8-3-9-21-37)52-43-25-11-13-28-48(43)63-54(52)53/h1-34H/i2D,6D,7D,14D,15D,18D,19D,22D,23D,26D,29D,30D,31D,32D,33D. The van der Waals surface area contributed by atoms with Gasteiger partial charge in [-0.25, -0.2) is 4.98 Å². The van der Waals surface area contributed by atoms with Crippen molar-refractivity contribution < 1.29 is 29.4 Å². The summed E-state index contributed by atoms with van der Waals surface area (Å²) in [6, 6.07) is 25.7. The normalized spacial score (nSPS) is 15.1. The molecule has 0 fully saturated rings. The van der Waals surface area contributed by atoms with Crippen molar-refractivity contribution >= 4 is 65.7 Å². The van der Waals surface area contributed by atoms with Crippen molar-refractivity contribution in [1.29, 1.82) is 0 Å². The lowest BCUT2D eigenvalue weighted by Gasteiger charge is -2.12. The molecule has 294 valence electrons. The van der Waals surface area contributed by atoms with Gasteiger partial charge in [0.15, 0.2) is 11.6 Å². The third-order valence-corrected chi connectivity index (χ3v) is 11.2. The number of nitrogens with zero attached hydrogens (tertiary/aromatic N) is 4. The molecule has 4 heterocycles. The van der Waals surface area contributed by atoms with E-state index in [0.717, 1.165) is 21.9 Å². The molecular formula is C57H34N4O2. The summed E-state index contributed by atoms with van der Waals surface area (Å²) in [7, 11) is 0. The van der Waals surface area contributed by atoms with Crippen molar-refractivity contribution in [2.45, 2.75) is 0 Å². The second kappa shape index (κ2) is 14.0. The molecule has 0 spiro atoms. The molecule has 0 radical (unpaired) electrons. The highest BCUT2D eigenvalue weighted by Gasteiger charge is 2.25. The Labute approximate surface area is 382 Å². The second-order valence-electron chi connectivity index (χ2n) is 14.7. The fraction of sp³-hybridized carbons (Fsp3) is 0. The van der Waals surface area contributed by atoms with Crippen LogP contribution in [-0.4, -0.2) is 19.5 Å². The Hall–Kier alpha value is -8.61. The molecule has 0 N–H and O–H groups in total. The zero-order valence-electron chi connectivity index (χ0n) is 47.6. The topological polar surface area (TPSA) is 69.9 Å². The number of rotatable bonds is 6. The summed E-state index contributed by atoms with van der Waals surface area (Å²) < 4.78 is 151. The Balaban J connectivity index is 1.17. The average molecular weight is 822 g/mol. The van der Waals surface area contributed by atoms with E-state index in [9.17, 15) is 6.85 Å². The van der Waals surface area contributed by atoms with Crippen LogP contribution in [0.1, 0.15) is 20.6 Å². The third kappa shape index (κ3) is 5.62. The Kier molecular flexibility index (Phi) is 5.19.